The van der Waals surface area contributed by atoms with E-state index in [1.807, 2.05) is 13.8 Å². The first-order valence-corrected chi connectivity index (χ1v) is 7.31. The molecule has 2 aliphatic heterocycles. The van der Waals surface area contributed by atoms with Crippen LogP contribution in [0.2, 0.25) is 0 Å². The Kier molecular flexibility index (Phi) is 4.47. The number of thiocarbonyl (C=S) groups is 1. The second kappa shape index (κ2) is 6.13. The Morgan fingerprint density at radius 3 is 2.10 bits per heavy atom. The standard InChI is InChI=1S/C13H10N2O3S.C2H6/c16-10-6-5-9(11(19)14-10)15-12(17)7-3-1-2-4-8(7)13(15)18;1-2/h1-4,9H,5-6H2,(H,14,16,19);1-2H3. The van der Waals surface area contributed by atoms with Crippen LogP contribution < -0.4 is 5.32 Å². The van der Waals surface area contributed by atoms with Crippen LogP contribution in [0.3, 0.4) is 0 Å². The van der Waals surface area contributed by atoms with E-state index in [1.54, 1.807) is 24.3 Å². The van der Waals surface area contributed by atoms with Gasteiger partial charge in [0.1, 0.15) is 4.99 Å². The molecule has 1 aromatic rings. The summed E-state index contributed by atoms with van der Waals surface area (Å²) >= 11 is 5.08. The first kappa shape index (κ1) is 15.3. The van der Waals surface area contributed by atoms with Crippen molar-refractivity contribution in [3.63, 3.8) is 0 Å². The molecule has 0 bridgehead atoms. The Balaban J connectivity index is 0.000000774. The van der Waals surface area contributed by atoms with Gasteiger partial charge in [-0.2, -0.15) is 0 Å². The minimum Gasteiger partial charge on any atom is -0.319 e. The van der Waals surface area contributed by atoms with E-state index in [-0.39, 0.29) is 29.1 Å². The maximum absolute atomic E-state index is 12.3. The second-order valence-corrected chi connectivity index (χ2v) is 4.93. The maximum atomic E-state index is 12.3. The van der Waals surface area contributed by atoms with Gasteiger partial charge in [-0.3, -0.25) is 19.3 Å². The minimum absolute atomic E-state index is 0.169. The molecule has 1 atom stereocenters. The van der Waals surface area contributed by atoms with Gasteiger partial charge in [0.05, 0.1) is 17.2 Å². The van der Waals surface area contributed by atoms with Crippen molar-refractivity contribution < 1.29 is 14.4 Å². The molecule has 0 aromatic heterocycles. The molecular weight excluding hydrogens is 288 g/mol. The van der Waals surface area contributed by atoms with Gasteiger partial charge in [-0.1, -0.05) is 38.2 Å². The van der Waals surface area contributed by atoms with Crippen molar-refractivity contribution in [2.45, 2.75) is 32.7 Å². The number of amides is 3. The van der Waals surface area contributed by atoms with Crippen molar-refractivity contribution in [1.82, 2.24) is 10.2 Å². The van der Waals surface area contributed by atoms with E-state index >= 15 is 0 Å². The van der Waals surface area contributed by atoms with E-state index in [2.05, 4.69) is 5.32 Å². The summed E-state index contributed by atoms with van der Waals surface area (Å²) in [5.74, 6) is -0.856. The molecule has 6 heteroatoms. The topological polar surface area (TPSA) is 66.5 Å². The number of fused-ring (bicyclic) bond motifs is 1. The molecule has 0 radical (unpaired) electrons. The zero-order valence-electron chi connectivity index (χ0n) is 11.9. The average molecular weight is 304 g/mol. The van der Waals surface area contributed by atoms with Crippen LogP contribution in [-0.4, -0.2) is 33.7 Å². The van der Waals surface area contributed by atoms with Crippen LogP contribution in [0, 0.1) is 0 Å². The monoisotopic (exact) mass is 304 g/mol. The van der Waals surface area contributed by atoms with E-state index < -0.39 is 6.04 Å². The quantitative estimate of drug-likeness (QED) is 0.636. The predicted molar refractivity (Wildman–Crippen MR) is 82.1 cm³/mol. The predicted octanol–water partition coefficient (Wildman–Crippen LogP) is 1.91. The molecule has 5 nitrogen and oxygen atoms in total. The number of piperidine rings is 1. The number of benzene rings is 1. The molecule has 1 saturated heterocycles. The molecule has 2 heterocycles. The van der Waals surface area contributed by atoms with Gasteiger partial charge < -0.3 is 5.32 Å². The van der Waals surface area contributed by atoms with Crippen LogP contribution in [0.1, 0.15) is 47.4 Å². The van der Waals surface area contributed by atoms with Crippen molar-refractivity contribution in [3.8, 4) is 0 Å². The molecule has 0 spiro atoms. The Labute approximate surface area is 128 Å². The second-order valence-electron chi connectivity index (χ2n) is 4.49. The van der Waals surface area contributed by atoms with Crippen LogP contribution in [-0.2, 0) is 4.79 Å². The number of carbonyl (C=O) groups is 3. The third-order valence-corrected chi connectivity index (χ3v) is 3.72. The Morgan fingerprint density at radius 1 is 1.10 bits per heavy atom. The fourth-order valence-electron chi connectivity index (χ4n) is 2.42. The molecule has 2 aliphatic rings. The van der Waals surface area contributed by atoms with Crippen molar-refractivity contribution in [2.24, 2.45) is 0 Å². The molecule has 1 fully saturated rings. The minimum atomic E-state index is -0.528. The number of nitrogens with zero attached hydrogens (tertiary/aromatic N) is 1. The number of imide groups is 1. The van der Waals surface area contributed by atoms with Crippen LogP contribution in [0.5, 0.6) is 0 Å². The first-order chi connectivity index (χ1) is 10.1. The van der Waals surface area contributed by atoms with E-state index in [0.29, 0.717) is 17.5 Å². The molecule has 3 amide bonds. The molecule has 1 N–H and O–H groups in total. The fraction of sp³-hybridized carbons (Fsp3) is 0.333. The number of nitrogens with one attached hydrogen (secondary N) is 1. The lowest BCUT2D eigenvalue weighted by Gasteiger charge is -2.30. The summed E-state index contributed by atoms with van der Waals surface area (Å²) in [6.45, 7) is 4.00. The van der Waals surface area contributed by atoms with Crippen LogP contribution in [0.25, 0.3) is 0 Å². The summed E-state index contributed by atoms with van der Waals surface area (Å²) < 4.78 is 0. The van der Waals surface area contributed by atoms with Gasteiger partial charge in [0, 0.05) is 6.42 Å². The summed E-state index contributed by atoms with van der Waals surface area (Å²) in [5.41, 5.74) is 0.791. The number of hydrogen-bond acceptors (Lipinski definition) is 4. The van der Waals surface area contributed by atoms with Crippen LogP contribution in [0.4, 0.5) is 0 Å². The van der Waals surface area contributed by atoms with E-state index in [0.717, 1.165) is 4.90 Å². The van der Waals surface area contributed by atoms with Gasteiger partial charge in [0.15, 0.2) is 0 Å². The average Bonchev–Trinajstić information content (AvgIpc) is 2.75. The Bertz CT molecular complexity index is 592. The maximum Gasteiger partial charge on any atom is 0.262 e. The fourth-order valence-corrected chi connectivity index (χ4v) is 2.76. The largest absolute Gasteiger partial charge is 0.319 e. The Morgan fingerprint density at radius 2 is 1.62 bits per heavy atom. The summed E-state index contributed by atoms with van der Waals surface area (Å²) in [5, 5.41) is 2.52. The van der Waals surface area contributed by atoms with Crippen LogP contribution in [0.15, 0.2) is 24.3 Å². The van der Waals surface area contributed by atoms with Crippen molar-refractivity contribution >= 4 is 34.9 Å². The van der Waals surface area contributed by atoms with Crippen molar-refractivity contribution in [3.05, 3.63) is 35.4 Å². The number of carbonyl (C=O) groups excluding carboxylic acids is 3. The summed E-state index contributed by atoms with van der Waals surface area (Å²) in [4.78, 5) is 37.2. The number of hydrogen-bond donors (Lipinski definition) is 1. The molecule has 110 valence electrons. The van der Waals surface area contributed by atoms with Gasteiger partial charge in [0.25, 0.3) is 11.8 Å². The van der Waals surface area contributed by atoms with E-state index in [9.17, 15) is 14.4 Å². The smallest absolute Gasteiger partial charge is 0.262 e. The summed E-state index contributed by atoms with van der Waals surface area (Å²) in [6, 6.07) is 6.16. The lowest BCUT2D eigenvalue weighted by atomic mass is 10.1. The normalized spacial score (nSPS) is 20.7. The van der Waals surface area contributed by atoms with Gasteiger partial charge in [-0.25, -0.2) is 0 Å². The summed E-state index contributed by atoms with van der Waals surface area (Å²) in [6.07, 6.45) is 0.647. The van der Waals surface area contributed by atoms with Gasteiger partial charge in [-0.05, 0) is 18.6 Å². The highest BCUT2D eigenvalue weighted by Gasteiger charge is 2.42. The number of rotatable bonds is 1. The van der Waals surface area contributed by atoms with Gasteiger partial charge in [-0.15, -0.1) is 0 Å². The zero-order chi connectivity index (χ0) is 15.6. The molecule has 1 unspecified atom stereocenters. The molecule has 0 aliphatic carbocycles. The molecule has 21 heavy (non-hydrogen) atoms. The molecule has 1 aromatic carbocycles. The first-order valence-electron chi connectivity index (χ1n) is 6.90. The summed E-state index contributed by atoms with van der Waals surface area (Å²) in [7, 11) is 0. The SMILES string of the molecule is CC.O=C1CCC(N2C(=O)c3ccccc3C2=O)C(=S)N1. The third kappa shape index (κ3) is 2.58. The highest BCUT2D eigenvalue weighted by atomic mass is 32.1. The molecule has 0 saturated carbocycles. The Hall–Kier alpha value is -2.08. The van der Waals surface area contributed by atoms with Crippen molar-refractivity contribution in [1.29, 1.82) is 0 Å². The molecule has 3 rings (SSSR count). The lowest BCUT2D eigenvalue weighted by Crippen LogP contribution is -2.53. The van der Waals surface area contributed by atoms with Crippen molar-refractivity contribution in [2.75, 3.05) is 0 Å². The zero-order valence-corrected chi connectivity index (χ0v) is 12.7. The van der Waals surface area contributed by atoms with Crippen LogP contribution >= 0.6 is 12.2 Å². The lowest BCUT2D eigenvalue weighted by molar-refractivity contribution is -0.120. The highest BCUT2D eigenvalue weighted by Crippen LogP contribution is 2.27. The highest BCUT2D eigenvalue weighted by molar-refractivity contribution is 7.80. The third-order valence-electron chi connectivity index (χ3n) is 3.35. The van der Waals surface area contributed by atoms with Gasteiger partial charge in [0.2, 0.25) is 5.91 Å². The molecular formula is C15H16N2O3S. The van der Waals surface area contributed by atoms with E-state index in [4.69, 9.17) is 12.2 Å². The van der Waals surface area contributed by atoms with E-state index in [1.165, 1.54) is 0 Å². The van der Waals surface area contributed by atoms with Gasteiger partial charge >= 0.3 is 0 Å².